The molecule has 0 radical (unpaired) electrons. The topological polar surface area (TPSA) is 172 Å². The molecule has 2 heterocycles. The molecule has 3 rings (SSSR count). The Labute approximate surface area is 185 Å². The molecule has 12 nitrogen and oxygen atoms in total. The third-order valence-corrected chi connectivity index (χ3v) is 5.41. The van der Waals surface area contributed by atoms with Gasteiger partial charge in [0.1, 0.15) is 18.5 Å². The van der Waals surface area contributed by atoms with Crippen LogP contribution in [0.1, 0.15) is 46.8 Å². The molecule has 32 heavy (non-hydrogen) atoms. The number of carbonyl (C=O) groups excluding carboxylic acids is 2. The van der Waals surface area contributed by atoms with Gasteiger partial charge in [0.2, 0.25) is 5.91 Å². The van der Waals surface area contributed by atoms with Crippen LogP contribution in [0.5, 0.6) is 0 Å². The first-order valence-corrected chi connectivity index (χ1v) is 10.2. The summed E-state index contributed by atoms with van der Waals surface area (Å²) in [7, 11) is 1.81. The van der Waals surface area contributed by atoms with Crippen molar-refractivity contribution in [3.05, 3.63) is 35.4 Å². The Hall–Kier alpha value is -3.41. The van der Waals surface area contributed by atoms with Crippen LogP contribution in [0.15, 0.2) is 12.7 Å². The highest BCUT2D eigenvalue weighted by Crippen LogP contribution is 2.25. The van der Waals surface area contributed by atoms with E-state index in [0.717, 1.165) is 5.82 Å². The van der Waals surface area contributed by atoms with Gasteiger partial charge in [-0.3, -0.25) is 19.1 Å². The van der Waals surface area contributed by atoms with E-state index in [0.29, 0.717) is 49.2 Å². The van der Waals surface area contributed by atoms with Gasteiger partial charge in [-0.15, -0.1) is 0 Å². The van der Waals surface area contributed by atoms with Crippen LogP contribution in [0.2, 0.25) is 0 Å². The molecule has 0 aliphatic heterocycles. The average Bonchev–Trinajstić information content (AvgIpc) is 3.15. The molecule has 0 bridgehead atoms. The van der Waals surface area contributed by atoms with Crippen LogP contribution >= 0.6 is 0 Å². The van der Waals surface area contributed by atoms with Crippen molar-refractivity contribution in [3.63, 3.8) is 0 Å². The number of aliphatic hydroxyl groups excluding tert-OH is 1. The van der Waals surface area contributed by atoms with Crippen molar-refractivity contribution in [1.29, 1.82) is 0 Å². The Morgan fingerprint density at radius 1 is 1.19 bits per heavy atom. The number of aliphatic hydroxyl groups is 1. The summed E-state index contributed by atoms with van der Waals surface area (Å²) < 4.78 is 1.67. The molecule has 3 atom stereocenters. The average molecular weight is 447 g/mol. The predicted octanol–water partition coefficient (Wildman–Crippen LogP) is -0.459. The van der Waals surface area contributed by atoms with Crippen molar-refractivity contribution in [1.82, 2.24) is 35.4 Å². The van der Waals surface area contributed by atoms with Gasteiger partial charge in [-0.25, -0.2) is 15.0 Å². The minimum Gasteiger partial charge on any atom is -0.483 e. The predicted molar refractivity (Wildman–Crippen MR) is 113 cm³/mol. The molecule has 4 N–H and O–H groups in total. The minimum atomic E-state index is -0.688. The number of carbonyl (C=O) groups is 3. The van der Waals surface area contributed by atoms with Crippen LogP contribution < -0.4 is 10.6 Å². The van der Waals surface area contributed by atoms with Crippen molar-refractivity contribution in [2.24, 2.45) is 13.0 Å². The summed E-state index contributed by atoms with van der Waals surface area (Å²) in [5.74, 6) is 0.129. The number of hydrogen-bond donors (Lipinski definition) is 4. The van der Waals surface area contributed by atoms with E-state index in [9.17, 15) is 14.7 Å². The standard InChI is InChI=1S/C19H27N7O3.CH2O2/c1-11-17(12(2)22-9-21-11)19(29)25-14-8-13(4-5-15(14)27)18(28)20-7-6-16-23-10-24-26(16)3;2-1-3/h9-10,13-15,27H,4-8H2,1-3H3,(H,20,28)(H,25,29);1H,(H,2,3)/t13-,14+,15+;/m0./s1. The number of nitrogens with zero attached hydrogens (tertiary/aromatic N) is 5. The largest absolute Gasteiger partial charge is 0.483 e. The van der Waals surface area contributed by atoms with E-state index in [2.05, 4.69) is 30.7 Å². The maximum Gasteiger partial charge on any atom is 0.290 e. The lowest BCUT2D eigenvalue weighted by molar-refractivity contribution is -0.127. The van der Waals surface area contributed by atoms with Crippen LogP contribution in [0, 0.1) is 19.8 Å². The zero-order valence-corrected chi connectivity index (χ0v) is 18.4. The Balaban J connectivity index is 0.00000114. The fourth-order valence-corrected chi connectivity index (χ4v) is 3.70. The number of aromatic nitrogens is 5. The lowest BCUT2D eigenvalue weighted by atomic mass is 9.83. The highest BCUT2D eigenvalue weighted by Gasteiger charge is 2.34. The van der Waals surface area contributed by atoms with Crippen molar-refractivity contribution in [2.45, 2.75) is 51.7 Å². The van der Waals surface area contributed by atoms with E-state index < -0.39 is 12.1 Å². The second-order valence-electron chi connectivity index (χ2n) is 7.52. The molecular formula is C20H29N7O5. The molecule has 1 aliphatic carbocycles. The molecular weight excluding hydrogens is 418 g/mol. The van der Waals surface area contributed by atoms with E-state index in [-0.39, 0.29) is 24.2 Å². The van der Waals surface area contributed by atoms with Crippen molar-refractivity contribution < 1.29 is 24.6 Å². The summed E-state index contributed by atoms with van der Waals surface area (Å²) in [5, 5.41) is 27.0. The van der Waals surface area contributed by atoms with Crippen LogP contribution in [0.3, 0.4) is 0 Å². The lowest BCUT2D eigenvalue weighted by Gasteiger charge is -2.33. The highest BCUT2D eigenvalue weighted by atomic mass is 16.3. The van der Waals surface area contributed by atoms with Gasteiger partial charge >= 0.3 is 0 Å². The molecule has 2 amide bonds. The number of nitrogens with one attached hydrogen (secondary N) is 2. The quantitative estimate of drug-likeness (QED) is 0.427. The lowest BCUT2D eigenvalue weighted by Crippen LogP contribution is -2.50. The fourth-order valence-electron chi connectivity index (χ4n) is 3.70. The Kier molecular flexibility index (Phi) is 9.20. The highest BCUT2D eigenvalue weighted by molar-refractivity contribution is 5.96. The van der Waals surface area contributed by atoms with Gasteiger partial charge < -0.3 is 20.8 Å². The van der Waals surface area contributed by atoms with E-state index in [1.165, 1.54) is 12.7 Å². The van der Waals surface area contributed by atoms with Gasteiger partial charge in [-0.1, -0.05) is 0 Å². The molecule has 2 aromatic heterocycles. The summed E-state index contributed by atoms with van der Waals surface area (Å²) in [6, 6.07) is -0.496. The molecule has 1 aliphatic rings. The first-order valence-electron chi connectivity index (χ1n) is 10.2. The Morgan fingerprint density at radius 2 is 1.84 bits per heavy atom. The first kappa shape index (κ1) is 24.9. The summed E-state index contributed by atoms with van der Waals surface area (Å²) in [6.45, 7) is 3.70. The number of aryl methyl sites for hydroxylation is 3. The van der Waals surface area contributed by atoms with Gasteiger partial charge in [-0.05, 0) is 33.1 Å². The minimum absolute atomic E-state index is 0.0753. The molecule has 174 valence electrons. The SMILES string of the molecule is Cc1ncnc(C)c1C(=O)N[C@@H]1C[C@@H](C(=O)NCCc2ncnn2C)CC[C@H]1O.O=CO. The maximum absolute atomic E-state index is 12.7. The third-order valence-electron chi connectivity index (χ3n) is 5.41. The van der Waals surface area contributed by atoms with Crippen molar-refractivity contribution in [2.75, 3.05) is 6.54 Å². The number of carboxylic acid groups (broad SMARTS) is 1. The van der Waals surface area contributed by atoms with Crippen LogP contribution in [0.25, 0.3) is 0 Å². The van der Waals surface area contributed by atoms with E-state index in [1.54, 1.807) is 25.6 Å². The van der Waals surface area contributed by atoms with E-state index >= 15 is 0 Å². The van der Waals surface area contributed by atoms with Gasteiger partial charge in [0.25, 0.3) is 12.4 Å². The molecule has 0 unspecified atom stereocenters. The van der Waals surface area contributed by atoms with E-state index in [1.807, 2.05) is 0 Å². The Morgan fingerprint density at radius 3 is 2.44 bits per heavy atom. The van der Waals surface area contributed by atoms with Crippen LogP contribution in [-0.4, -0.2) is 71.9 Å². The molecule has 0 aromatic carbocycles. The van der Waals surface area contributed by atoms with Crippen LogP contribution in [0.4, 0.5) is 0 Å². The molecule has 12 heteroatoms. The van der Waals surface area contributed by atoms with Crippen molar-refractivity contribution >= 4 is 18.3 Å². The van der Waals surface area contributed by atoms with Crippen LogP contribution in [-0.2, 0) is 23.1 Å². The van der Waals surface area contributed by atoms with Gasteiger partial charge in [-0.2, -0.15) is 5.10 Å². The van der Waals surface area contributed by atoms with Gasteiger partial charge in [0, 0.05) is 25.9 Å². The number of hydrogen-bond acceptors (Lipinski definition) is 8. The molecule has 1 saturated carbocycles. The first-order chi connectivity index (χ1) is 15.3. The summed E-state index contributed by atoms with van der Waals surface area (Å²) in [5.41, 5.74) is 1.58. The summed E-state index contributed by atoms with van der Waals surface area (Å²) in [6.07, 6.45) is 4.21. The molecule has 1 fully saturated rings. The summed E-state index contributed by atoms with van der Waals surface area (Å²) >= 11 is 0. The third kappa shape index (κ3) is 6.54. The Bertz CT molecular complexity index is 913. The normalized spacial score (nSPS) is 19.9. The molecule has 2 aromatic rings. The van der Waals surface area contributed by atoms with Gasteiger partial charge in [0.15, 0.2) is 0 Å². The fraction of sp³-hybridized carbons (Fsp3) is 0.550. The van der Waals surface area contributed by atoms with Gasteiger partial charge in [0.05, 0.1) is 29.1 Å². The smallest absolute Gasteiger partial charge is 0.290 e. The van der Waals surface area contributed by atoms with E-state index in [4.69, 9.17) is 9.90 Å². The molecule has 0 spiro atoms. The zero-order valence-electron chi connectivity index (χ0n) is 18.4. The number of rotatable bonds is 6. The summed E-state index contributed by atoms with van der Waals surface area (Å²) in [4.78, 5) is 45.9. The second kappa shape index (κ2) is 11.8. The number of amides is 2. The van der Waals surface area contributed by atoms with Crippen molar-refractivity contribution in [3.8, 4) is 0 Å². The molecule has 0 saturated heterocycles. The second-order valence-corrected chi connectivity index (χ2v) is 7.52. The monoisotopic (exact) mass is 447 g/mol. The zero-order chi connectivity index (χ0) is 23.7. The maximum atomic E-state index is 12.7.